The third kappa shape index (κ3) is 3.83. The van der Waals surface area contributed by atoms with Crippen molar-refractivity contribution in [3.8, 4) is 0 Å². The van der Waals surface area contributed by atoms with Gasteiger partial charge < -0.3 is 20.3 Å². The van der Waals surface area contributed by atoms with Gasteiger partial charge in [0.1, 0.15) is 0 Å². The minimum Gasteiger partial charge on any atom is -0.373 e. The summed E-state index contributed by atoms with van der Waals surface area (Å²) >= 11 is 6.02. The molecule has 0 spiro atoms. The van der Waals surface area contributed by atoms with E-state index in [9.17, 15) is 4.79 Å². The molecule has 0 aliphatic carbocycles. The van der Waals surface area contributed by atoms with Crippen molar-refractivity contribution in [2.75, 3.05) is 38.6 Å². The van der Waals surface area contributed by atoms with E-state index in [1.165, 1.54) is 0 Å². The highest BCUT2D eigenvalue weighted by molar-refractivity contribution is 6.33. The lowest BCUT2D eigenvalue weighted by atomic mass is 10.2. The maximum atomic E-state index is 12.1. The van der Waals surface area contributed by atoms with Gasteiger partial charge in [-0.1, -0.05) is 23.7 Å². The summed E-state index contributed by atoms with van der Waals surface area (Å²) in [5, 5.41) is 6.41. The molecule has 0 radical (unpaired) electrons. The molecule has 19 heavy (non-hydrogen) atoms. The van der Waals surface area contributed by atoms with Crippen LogP contribution in [-0.4, -0.2) is 50.3 Å². The number of likely N-dealkylation sites (N-methyl/N-ethyl adjacent to an activating group) is 1. The normalized spacial score (nSPS) is 19.3. The second-order valence-corrected chi connectivity index (χ2v) is 4.81. The molecule has 0 bridgehead atoms. The van der Waals surface area contributed by atoms with Crippen molar-refractivity contribution < 1.29 is 9.53 Å². The topological polar surface area (TPSA) is 53.6 Å². The Kier molecular flexibility index (Phi) is 5.01. The fraction of sp³-hybridized carbons (Fsp3) is 0.462. The Morgan fingerprint density at radius 1 is 1.53 bits per heavy atom. The number of para-hydroxylation sites is 1. The minimum atomic E-state index is -0.141. The summed E-state index contributed by atoms with van der Waals surface area (Å²) in [5.41, 5.74) is 0.630. The predicted molar refractivity (Wildman–Crippen MR) is 75.7 cm³/mol. The second kappa shape index (κ2) is 6.75. The first kappa shape index (κ1) is 14.1. The lowest BCUT2D eigenvalue weighted by Crippen LogP contribution is -2.49. The van der Waals surface area contributed by atoms with E-state index in [0.29, 0.717) is 30.4 Å². The molecule has 5 nitrogen and oxygen atoms in total. The number of carbonyl (C=O) groups excluding carboxylic acids is 1. The summed E-state index contributed by atoms with van der Waals surface area (Å²) in [4.78, 5) is 13.9. The number of carbonyl (C=O) groups is 1. The van der Waals surface area contributed by atoms with Gasteiger partial charge in [-0.05, 0) is 19.2 Å². The van der Waals surface area contributed by atoms with Gasteiger partial charge >= 0.3 is 6.03 Å². The molecule has 1 aromatic carbocycles. The number of hydrogen-bond acceptors (Lipinski definition) is 3. The van der Waals surface area contributed by atoms with E-state index in [4.69, 9.17) is 16.3 Å². The number of nitrogens with one attached hydrogen (secondary N) is 2. The summed E-state index contributed by atoms with van der Waals surface area (Å²) in [6, 6.07) is 7.06. The molecule has 1 aromatic rings. The van der Waals surface area contributed by atoms with E-state index < -0.39 is 0 Å². The molecule has 2 amide bonds. The number of halogens is 1. The molecular formula is C13H18ClN3O2. The van der Waals surface area contributed by atoms with Gasteiger partial charge in [0.05, 0.1) is 23.4 Å². The number of benzene rings is 1. The maximum Gasteiger partial charge on any atom is 0.322 e. The Bertz CT molecular complexity index is 440. The molecule has 6 heteroatoms. The average molecular weight is 284 g/mol. The van der Waals surface area contributed by atoms with E-state index >= 15 is 0 Å². The van der Waals surface area contributed by atoms with E-state index in [-0.39, 0.29) is 12.1 Å². The molecule has 1 aliphatic heterocycles. The number of urea groups is 1. The van der Waals surface area contributed by atoms with Crippen LogP contribution >= 0.6 is 11.6 Å². The van der Waals surface area contributed by atoms with Crippen LogP contribution in [0, 0.1) is 0 Å². The van der Waals surface area contributed by atoms with Gasteiger partial charge in [-0.25, -0.2) is 4.79 Å². The number of anilines is 1. The number of ether oxygens (including phenoxy) is 1. The Labute approximate surface area is 117 Å². The highest BCUT2D eigenvalue weighted by atomic mass is 35.5. The smallest absolute Gasteiger partial charge is 0.322 e. The van der Waals surface area contributed by atoms with Gasteiger partial charge in [-0.15, -0.1) is 0 Å². The SMILES string of the molecule is CNCC1CN(C(=O)Nc2ccccc2Cl)CCO1. The average Bonchev–Trinajstić information content (AvgIpc) is 2.42. The van der Waals surface area contributed by atoms with Crippen LogP contribution in [0.1, 0.15) is 0 Å². The van der Waals surface area contributed by atoms with E-state index in [2.05, 4.69) is 10.6 Å². The second-order valence-electron chi connectivity index (χ2n) is 4.41. The summed E-state index contributed by atoms with van der Waals surface area (Å²) in [6.07, 6.45) is 0.0377. The molecule has 1 unspecified atom stereocenters. The van der Waals surface area contributed by atoms with Crippen molar-refractivity contribution in [1.82, 2.24) is 10.2 Å². The van der Waals surface area contributed by atoms with Gasteiger partial charge in [0.15, 0.2) is 0 Å². The Balaban J connectivity index is 1.94. The van der Waals surface area contributed by atoms with Gasteiger partial charge in [0.2, 0.25) is 0 Å². The quantitative estimate of drug-likeness (QED) is 0.889. The molecule has 1 heterocycles. The molecule has 1 fully saturated rings. The van der Waals surface area contributed by atoms with Gasteiger partial charge in [0.25, 0.3) is 0 Å². The van der Waals surface area contributed by atoms with Crippen molar-refractivity contribution in [3.63, 3.8) is 0 Å². The number of hydrogen-bond donors (Lipinski definition) is 2. The number of nitrogens with zero attached hydrogens (tertiary/aromatic N) is 1. The Morgan fingerprint density at radius 3 is 3.05 bits per heavy atom. The zero-order chi connectivity index (χ0) is 13.7. The summed E-state index contributed by atoms with van der Waals surface area (Å²) in [7, 11) is 1.87. The highest BCUT2D eigenvalue weighted by Crippen LogP contribution is 2.21. The highest BCUT2D eigenvalue weighted by Gasteiger charge is 2.23. The fourth-order valence-electron chi connectivity index (χ4n) is 2.01. The molecule has 0 saturated carbocycles. The number of amides is 2. The van der Waals surface area contributed by atoms with E-state index in [0.717, 1.165) is 6.54 Å². The molecule has 2 N–H and O–H groups in total. The minimum absolute atomic E-state index is 0.0377. The monoisotopic (exact) mass is 283 g/mol. The molecule has 1 atom stereocenters. The standard InChI is InChI=1S/C13H18ClN3O2/c1-15-8-10-9-17(6-7-19-10)13(18)16-12-5-3-2-4-11(12)14/h2-5,10,15H,6-9H2,1H3,(H,16,18). The third-order valence-corrected chi connectivity index (χ3v) is 3.30. The number of morpholine rings is 1. The summed E-state index contributed by atoms with van der Waals surface area (Å²) in [5.74, 6) is 0. The zero-order valence-corrected chi connectivity index (χ0v) is 11.6. The molecule has 1 saturated heterocycles. The predicted octanol–water partition coefficient (Wildman–Crippen LogP) is 1.79. The zero-order valence-electron chi connectivity index (χ0n) is 10.9. The largest absolute Gasteiger partial charge is 0.373 e. The van der Waals surface area contributed by atoms with Crippen molar-refractivity contribution >= 4 is 23.3 Å². The van der Waals surface area contributed by atoms with E-state index in [1.54, 1.807) is 17.0 Å². The van der Waals surface area contributed by atoms with Gasteiger partial charge in [-0.3, -0.25) is 0 Å². The molecule has 2 rings (SSSR count). The molecule has 104 valence electrons. The van der Waals surface area contributed by atoms with E-state index in [1.807, 2.05) is 19.2 Å². The third-order valence-electron chi connectivity index (χ3n) is 2.97. The Hall–Kier alpha value is -1.30. The van der Waals surface area contributed by atoms with Crippen LogP contribution < -0.4 is 10.6 Å². The lowest BCUT2D eigenvalue weighted by Gasteiger charge is -2.32. The first-order valence-electron chi connectivity index (χ1n) is 6.27. The van der Waals surface area contributed by atoms with Crippen LogP contribution in [0.5, 0.6) is 0 Å². The molecule has 0 aromatic heterocycles. The first-order chi connectivity index (χ1) is 9.20. The van der Waals surface area contributed by atoms with Crippen molar-refractivity contribution in [2.24, 2.45) is 0 Å². The Morgan fingerprint density at radius 2 is 2.32 bits per heavy atom. The lowest BCUT2D eigenvalue weighted by molar-refractivity contribution is -0.00999. The molecular weight excluding hydrogens is 266 g/mol. The summed E-state index contributed by atoms with van der Waals surface area (Å²) < 4.78 is 5.56. The van der Waals surface area contributed by atoms with Gasteiger partial charge in [-0.2, -0.15) is 0 Å². The van der Waals surface area contributed by atoms with Crippen LogP contribution in [0.2, 0.25) is 5.02 Å². The maximum absolute atomic E-state index is 12.1. The van der Waals surface area contributed by atoms with Crippen LogP contribution in [-0.2, 0) is 4.74 Å². The fourth-order valence-corrected chi connectivity index (χ4v) is 2.19. The number of rotatable bonds is 3. The first-order valence-corrected chi connectivity index (χ1v) is 6.65. The van der Waals surface area contributed by atoms with Crippen LogP contribution in [0.25, 0.3) is 0 Å². The van der Waals surface area contributed by atoms with Gasteiger partial charge in [0, 0.05) is 19.6 Å². The van der Waals surface area contributed by atoms with Crippen LogP contribution in [0.15, 0.2) is 24.3 Å². The summed E-state index contributed by atoms with van der Waals surface area (Å²) in [6.45, 7) is 2.46. The van der Waals surface area contributed by atoms with Crippen LogP contribution in [0.4, 0.5) is 10.5 Å². The van der Waals surface area contributed by atoms with Crippen molar-refractivity contribution in [1.29, 1.82) is 0 Å². The van der Waals surface area contributed by atoms with Crippen molar-refractivity contribution in [2.45, 2.75) is 6.10 Å². The molecule has 1 aliphatic rings. The van der Waals surface area contributed by atoms with Crippen molar-refractivity contribution in [3.05, 3.63) is 29.3 Å². The van der Waals surface area contributed by atoms with Crippen LogP contribution in [0.3, 0.4) is 0 Å².